The van der Waals surface area contributed by atoms with Crippen molar-refractivity contribution in [2.75, 3.05) is 31.1 Å². The standard InChI is InChI=1S/C22H31N3O3S/c1-5-25(21-9-7-6-8-18(21)3)15-14-23-22(26)12-13-24-29(27,28)20-11-10-17(2)19(4)16-20/h6-11,16,24H,5,12-15H2,1-4H3,(H,23,26). The van der Waals surface area contributed by atoms with Gasteiger partial charge in [-0.25, -0.2) is 13.1 Å². The Balaban J connectivity index is 1.78. The maximum absolute atomic E-state index is 12.4. The summed E-state index contributed by atoms with van der Waals surface area (Å²) in [5, 5.41) is 2.86. The lowest BCUT2D eigenvalue weighted by molar-refractivity contribution is -0.120. The molecule has 0 fully saturated rings. The quantitative estimate of drug-likeness (QED) is 0.623. The van der Waals surface area contributed by atoms with Gasteiger partial charge < -0.3 is 10.2 Å². The Morgan fingerprint density at radius 1 is 0.966 bits per heavy atom. The molecular weight excluding hydrogens is 386 g/mol. The number of benzene rings is 2. The van der Waals surface area contributed by atoms with E-state index >= 15 is 0 Å². The van der Waals surface area contributed by atoms with Crippen molar-refractivity contribution >= 4 is 21.6 Å². The molecule has 0 saturated carbocycles. The first-order chi connectivity index (χ1) is 13.7. The van der Waals surface area contributed by atoms with Crippen molar-refractivity contribution < 1.29 is 13.2 Å². The van der Waals surface area contributed by atoms with Crippen LogP contribution in [-0.4, -0.2) is 40.5 Å². The van der Waals surface area contributed by atoms with E-state index in [1.54, 1.807) is 18.2 Å². The van der Waals surface area contributed by atoms with Crippen LogP contribution in [-0.2, 0) is 14.8 Å². The molecular formula is C22H31N3O3S. The highest BCUT2D eigenvalue weighted by Gasteiger charge is 2.15. The number of aryl methyl sites for hydroxylation is 3. The van der Waals surface area contributed by atoms with Crippen LogP contribution in [0.4, 0.5) is 5.69 Å². The number of hydrogen-bond donors (Lipinski definition) is 2. The second-order valence-electron chi connectivity index (χ2n) is 7.11. The van der Waals surface area contributed by atoms with Crippen molar-refractivity contribution in [1.82, 2.24) is 10.0 Å². The fourth-order valence-corrected chi connectivity index (χ4v) is 4.17. The molecule has 7 heteroatoms. The summed E-state index contributed by atoms with van der Waals surface area (Å²) < 4.78 is 27.2. The molecule has 6 nitrogen and oxygen atoms in total. The van der Waals surface area contributed by atoms with Crippen LogP contribution in [0.3, 0.4) is 0 Å². The summed E-state index contributed by atoms with van der Waals surface area (Å²) in [6.45, 7) is 10.1. The third-order valence-electron chi connectivity index (χ3n) is 4.97. The number of para-hydroxylation sites is 1. The van der Waals surface area contributed by atoms with E-state index < -0.39 is 10.0 Å². The SMILES string of the molecule is CCN(CCNC(=O)CCNS(=O)(=O)c1ccc(C)c(C)c1)c1ccccc1C. The summed E-state index contributed by atoms with van der Waals surface area (Å²) in [5.74, 6) is -0.173. The van der Waals surface area contributed by atoms with Crippen molar-refractivity contribution in [1.29, 1.82) is 0 Å². The monoisotopic (exact) mass is 417 g/mol. The first-order valence-electron chi connectivity index (χ1n) is 9.88. The maximum atomic E-state index is 12.4. The topological polar surface area (TPSA) is 78.5 Å². The van der Waals surface area contributed by atoms with Gasteiger partial charge in [-0.15, -0.1) is 0 Å². The van der Waals surface area contributed by atoms with E-state index in [0.29, 0.717) is 13.1 Å². The van der Waals surface area contributed by atoms with Gasteiger partial charge in [0.15, 0.2) is 0 Å². The smallest absolute Gasteiger partial charge is 0.240 e. The molecule has 0 saturated heterocycles. The van der Waals surface area contributed by atoms with Crippen molar-refractivity contribution in [3.63, 3.8) is 0 Å². The van der Waals surface area contributed by atoms with Crippen molar-refractivity contribution in [2.24, 2.45) is 0 Å². The van der Waals surface area contributed by atoms with E-state index in [-0.39, 0.29) is 23.8 Å². The highest BCUT2D eigenvalue weighted by atomic mass is 32.2. The number of nitrogens with one attached hydrogen (secondary N) is 2. The predicted octanol–water partition coefficient (Wildman–Crippen LogP) is 2.92. The number of carbonyl (C=O) groups excluding carboxylic acids is 1. The zero-order valence-electron chi connectivity index (χ0n) is 17.7. The molecule has 0 heterocycles. The van der Waals surface area contributed by atoms with Crippen molar-refractivity contribution in [3.05, 3.63) is 59.2 Å². The fraction of sp³-hybridized carbons (Fsp3) is 0.409. The van der Waals surface area contributed by atoms with E-state index in [0.717, 1.165) is 23.4 Å². The molecule has 0 aliphatic heterocycles. The van der Waals surface area contributed by atoms with Gasteiger partial charge in [0, 0.05) is 38.3 Å². The molecule has 2 N–H and O–H groups in total. The van der Waals surface area contributed by atoms with Crippen LogP contribution in [0.1, 0.15) is 30.0 Å². The maximum Gasteiger partial charge on any atom is 0.240 e. The number of nitrogens with zero attached hydrogens (tertiary/aromatic N) is 1. The molecule has 2 aromatic carbocycles. The third kappa shape index (κ3) is 6.58. The summed E-state index contributed by atoms with van der Waals surface area (Å²) in [7, 11) is -3.61. The Morgan fingerprint density at radius 3 is 2.34 bits per heavy atom. The van der Waals surface area contributed by atoms with Crippen LogP contribution in [0.25, 0.3) is 0 Å². The third-order valence-corrected chi connectivity index (χ3v) is 6.43. The number of hydrogen-bond acceptors (Lipinski definition) is 4. The Labute approximate surface area is 174 Å². The highest BCUT2D eigenvalue weighted by molar-refractivity contribution is 7.89. The molecule has 2 aromatic rings. The number of sulfonamides is 1. The summed E-state index contributed by atoms with van der Waals surface area (Å²) >= 11 is 0. The molecule has 0 radical (unpaired) electrons. The number of amides is 1. The Hall–Kier alpha value is -2.38. The van der Waals surface area contributed by atoms with Crippen LogP contribution in [0.2, 0.25) is 0 Å². The van der Waals surface area contributed by atoms with Crippen molar-refractivity contribution in [3.8, 4) is 0 Å². The van der Waals surface area contributed by atoms with Gasteiger partial charge in [0.2, 0.25) is 15.9 Å². The minimum atomic E-state index is -3.61. The second-order valence-corrected chi connectivity index (χ2v) is 8.88. The van der Waals surface area contributed by atoms with Crippen LogP contribution in [0.15, 0.2) is 47.4 Å². The fourth-order valence-electron chi connectivity index (χ4n) is 3.05. The van der Waals surface area contributed by atoms with E-state index in [4.69, 9.17) is 0 Å². The summed E-state index contributed by atoms with van der Waals surface area (Å²) in [5.41, 5.74) is 4.31. The van der Waals surface area contributed by atoms with Gasteiger partial charge in [-0.05, 0) is 62.6 Å². The summed E-state index contributed by atoms with van der Waals surface area (Å²) in [4.78, 5) is 14.5. The van der Waals surface area contributed by atoms with Crippen LogP contribution < -0.4 is 14.9 Å². The lowest BCUT2D eigenvalue weighted by Crippen LogP contribution is -2.36. The molecule has 158 valence electrons. The molecule has 2 rings (SSSR count). The number of carbonyl (C=O) groups is 1. The molecule has 29 heavy (non-hydrogen) atoms. The molecule has 1 amide bonds. The lowest BCUT2D eigenvalue weighted by Gasteiger charge is -2.25. The molecule has 0 bridgehead atoms. The normalized spacial score (nSPS) is 11.3. The molecule has 0 atom stereocenters. The van der Waals surface area contributed by atoms with Crippen LogP contribution >= 0.6 is 0 Å². The van der Waals surface area contributed by atoms with E-state index in [1.165, 1.54) is 5.56 Å². The summed E-state index contributed by atoms with van der Waals surface area (Å²) in [6, 6.07) is 13.2. The van der Waals surface area contributed by atoms with Gasteiger partial charge in [0.25, 0.3) is 0 Å². The van der Waals surface area contributed by atoms with E-state index in [9.17, 15) is 13.2 Å². The number of anilines is 1. The van der Waals surface area contributed by atoms with Gasteiger partial charge in [-0.2, -0.15) is 0 Å². The zero-order chi connectivity index (χ0) is 21.4. The molecule has 0 aliphatic rings. The van der Waals surface area contributed by atoms with E-state index in [2.05, 4.69) is 40.9 Å². The average molecular weight is 418 g/mol. The predicted molar refractivity (Wildman–Crippen MR) is 118 cm³/mol. The van der Waals surface area contributed by atoms with Gasteiger partial charge >= 0.3 is 0 Å². The Bertz CT molecular complexity index is 942. The Kier molecular flexibility index (Phi) is 8.22. The molecule has 0 spiro atoms. The first-order valence-corrected chi connectivity index (χ1v) is 11.4. The average Bonchev–Trinajstić information content (AvgIpc) is 2.68. The van der Waals surface area contributed by atoms with Gasteiger partial charge in [-0.1, -0.05) is 24.3 Å². The van der Waals surface area contributed by atoms with Crippen LogP contribution in [0, 0.1) is 20.8 Å². The second kappa shape index (κ2) is 10.4. The van der Waals surface area contributed by atoms with E-state index in [1.807, 2.05) is 26.0 Å². The zero-order valence-corrected chi connectivity index (χ0v) is 18.5. The molecule has 0 aromatic heterocycles. The van der Waals surface area contributed by atoms with Crippen molar-refractivity contribution in [2.45, 2.75) is 39.0 Å². The highest BCUT2D eigenvalue weighted by Crippen LogP contribution is 2.18. The minimum Gasteiger partial charge on any atom is -0.370 e. The van der Waals surface area contributed by atoms with Gasteiger partial charge in [-0.3, -0.25) is 4.79 Å². The minimum absolute atomic E-state index is 0.0658. The lowest BCUT2D eigenvalue weighted by atomic mass is 10.1. The van der Waals surface area contributed by atoms with Gasteiger partial charge in [0.1, 0.15) is 0 Å². The molecule has 0 unspecified atom stereocenters. The first kappa shape index (κ1) is 22.9. The van der Waals surface area contributed by atoms with Crippen LogP contribution in [0.5, 0.6) is 0 Å². The Morgan fingerprint density at radius 2 is 1.69 bits per heavy atom. The van der Waals surface area contributed by atoms with Gasteiger partial charge in [0.05, 0.1) is 4.90 Å². The number of likely N-dealkylation sites (N-methyl/N-ethyl adjacent to an activating group) is 1. The molecule has 0 aliphatic carbocycles. The largest absolute Gasteiger partial charge is 0.370 e. The number of rotatable bonds is 10. The summed E-state index contributed by atoms with van der Waals surface area (Å²) in [6.07, 6.45) is 0.0978.